The SMILES string of the molecule is CC(C)(C)c1ccc(N2B3c4cc(C(C)(C)C)ccc4-n4c5ccc(C(C)(C)C)cc5c5c6c(c(c3c54)-c3cc4c(cc32)oc2cc3c(cc24)C(C)(C)CCC3(C)C)-c2ccccc2[Si]6(C)C)cc1. The Bertz CT molecular complexity index is 3760. The van der Waals surface area contributed by atoms with Gasteiger partial charge in [-0.3, -0.25) is 0 Å². The molecule has 3 nitrogen and oxygen atoms in total. The van der Waals surface area contributed by atoms with Crippen LogP contribution in [0.15, 0.2) is 114 Å². The first-order chi connectivity index (χ1) is 32.4. The molecular weight excluding hydrogens is 852 g/mol. The number of benzene rings is 7. The van der Waals surface area contributed by atoms with Gasteiger partial charge in [0.2, 0.25) is 0 Å². The van der Waals surface area contributed by atoms with Crippen LogP contribution in [0.4, 0.5) is 11.4 Å². The Kier molecular flexibility index (Phi) is 8.36. The van der Waals surface area contributed by atoms with Crippen molar-refractivity contribution in [3.05, 3.63) is 137 Å². The molecule has 0 atom stereocenters. The molecule has 5 heterocycles. The second kappa shape index (κ2) is 13.3. The Morgan fingerprint density at radius 2 is 1.16 bits per heavy atom. The number of hydrogen-bond acceptors (Lipinski definition) is 2. The molecule has 346 valence electrons. The van der Waals surface area contributed by atoms with Gasteiger partial charge in [-0.25, -0.2) is 0 Å². The van der Waals surface area contributed by atoms with E-state index in [1.165, 1.54) is 123 Å². The highest BCUT2D eigenvalue weighted by Gasteiger charge is 2.51. The number of nitrogens with zero attached hydrogens (tertiary/aromatic N) is 2. The molecule has 7 aromatic carbocycles. The van der Waals surface area contributed by atoms with Gasteiger partial charge in [-0.2, -0.15) is 0 Å². The van der Waals surface area contributed by atoms with Crippen LogP contribution in [0.25, 0.3) is 71.7 Å². The second-order valence-electron chi connectivity index (χ2n) is 26.5. The molecular formula is C64H67BN2OSi. The highest BCUT2D eigenvalue weighted by molar-refractivity contribution is 7.06. The van der Waals surface area contributed by atoms with Gasteiger partial charge < -0.3 is 13.8 Å². The van der Waals surface area contributed by atoms with Crippen molar-refractivity contribution >= 4 is 91.3 Å². The van der Waals surface area contributed by atoms with E-state index in [4.69, 9.17) is 4.42 Å². The van der Waals surface area contributed by atoms with Gasteiger partial charge in [0.15, 0.2) is 0 Å². The van der Waals surface area contributed by atoms with E-state index in [-0.39, 0.29) is 33.9 Å². The zero-order valence-electron chi connectivity index (χ0n) is 43.7. The number of hydrogen-bond donors (Lipinski definition) is 0. The van der Waals surface area contributed by atoms with Gasteiger partial charge >= 0.3 is 6.85 Å². The fourth-order valence-corrected chi connectivity index (χ4v) is 17.0. The summed E-state index contributed by atoms with van der Waals surface area (Å²) in [4.78, 5) is 2.72. The molecule has 0 fully saturated rings. The Balaban J connectivity index is 1.26. The van der Waals surface area contributed by atoms with E-state index in [2.05, 4.69) is 222 Å². The lowest BCUT2D eigenvalue weighted by Crippen LogP contribution is -2.61. The van der Waals surface area contributed by atoms with Crippen LogP contribution in [0.2, 0.25) is 13.1 Å². The third-order valence-corrected chi connectivity index (χ3v) is 21.2. The lowest BCUT2D eigenvalue weighted by molar-refractivity contribution is 0.332. The summed E-state index contributed by atoms with van der Waals surface area (Å²) in [6, 6.07) is 43.9. The van der Waals surface area contributed by atoms with Crippen molar-refractivity contribution in [1.29, 1.82) is 0 Å². The second-order valence-corrected chi connectivity index (χ2v) is 30.8. The van der Waals surface area contributed by atoms with Crippen LogP contribution < -0.4 is 26.1 Å². The normalized spacial score (nSPS) is 17.4. The lowest BCUT2D eigenvalue weighted by atomic mass is 9.43. The maximum Gasteiger partial charge on any atom is 0.333 e. The summed E-state index contributed by atoms with van der Waals surface area (Å²) in [5.41, 5.74) is 23.8. The van der Waals surface area contributed by atoms with Crippen molar-refractivity contribution in [3.8, 4) is 27.9 Å². The van der Waals surface area contributed by atoms with E-state index in [0.29, 0.717) is 0 Å². The van der Waals surface area contributed by atoms with E-state index in [1.54, 1.807) is 10.4 Å². The highest BCUT2D eigenvalue weighted by atomic mass is 28.3. The van der Waals surface area contributed by atoms with Crippen molar-refractivity contribution in [3.63, 3.8) is 0 Å². The first-order valence-electron chi connectivity index (χ1n) is 25.8. The van der Waals surface area contributed by atoms with Gasteiger partial charge in [0, 0.05) is 50.2 Å². The molecule has 13 rings (SSSR count). The molecule has 0 spiro atoms. The van der Waals surface area contributed by atoms with E-state index in [1.807, 2.05) is 0 Å². The summed E-state index contributed by atoms with van der Waals surface area (Å²) < 4.78 is 9.91. The third kappa shape index (κ3) is 5.74. The zero-order chi connectivity index (χ0) is 48.4. The summed E-state index contributed by atoms with van der Waals surface area (Å²) in [7, 11) is -2.30. The number of fused-ring (bicyclic) bond motifs is 17. The van der Waals surface area contributed by atoms with Crippen LogP contribution in [0.1, 0.15) is 131 Å². The predicted molar refractivity (Wildman–Crippen MR) is 301 cm³/mol. The summed E-state index contributed by atoms with van der Waals surface area (Å²) >= 11 is 0. The van der Waals surface area contributed by atoms with Crippen molar-refractivity contribution in [1.82, 2.24) is 4.57 Å². The fraction of sp³-hybridized carbons (Fsp3) is 0.344. The first-order valence-corrected chi connectivity index (χ1v) is 28.8. The van der Waals surface area contributed by atoms with Crippen molar-refractivity contribution in [2.75, 3.05) is 4.81 Å². The predicted octanol–water partition coefficient (Wildman–Crippen LogP) is 15.0. The van der Waals surface area contributed by atoms with E-state index in [9.17, 15) is 0 Å². The molecule has 3 aliphatic heterocycles. The van der Waals surface area contributed by atoms with E-state index in [0.717, 1.165) is 11.2 Å². The summed E-state index contributed by atoms with van der Waals surface area (Å²) in [5.74, 6) is 0. The summed E-state index contributed by atoms with van der Waals surface area (Å²) in [5, 5.41) is 8.41. The minimum atomic E-state index is -2.30. The fourth-order valence-electron chi connectivity index (χ4n) is 13.5. The smallest absolute Gasteiger partial charge is 0.333 e. The Labute approximate surface area is 411 Å². The average molecular weight is 919 g/mol. The van der Waals surface area contributed by atoms with E-state index < -0.39 is 8.07 Å². The average Bonchev–Trinajstić information content (AvgIpc) is 3.90. The molecule has 2 aromatic heterocycles. The molecule has 0 unspecified atom stereocenters. The number of rotatable bonds is 1. The number of aromatic nitrogens is 1. The molecule has 0 saturated heterocycles. The zero-order valence-corrected chi connectivity index (χ0v) is 44.7. The van der Waals surface area contributed by atoms with Crippen LogP contribution in [0.3, 0.4) is 0 Å². The van der Waals surface area contributed by atoms with Crippen molar-refractivity contribution in [2.24, 2.45) is 0 Å². The maximum atomic E-state index is 7.20. The van der Waals surface area contributed by atoms with Crippen molar-refractivity contribution < 1.29 is 4.42 Å². The molecule has 0 saturated carbocycles. The monoisotopic (exact) mass is 919 g/mol. The maximum absolute atomic E-state index is 7.20. The van der Waals surface area contributed by atoms with Gasteiger partial charge in [-0.15, -0.1) is 0 Å². The molecule has 1 aliphatic carbocycles. The molecule has 0 N–H and O–H groups in total. The van der Waals surface area contributed by atoms with Crippen molar-refractivity contribution in [2.45, 2.75) is 143 Å². The van der Waals surface area contributed by atoms with Crippen LogP contribution in [0, 0.1) is 0 Å². The Morgan fingerprint density at radius 1 is 0.565 bits per heavy atom. The molecule has 5 heteroatoms. The minimum Gasteiger partial charge on any atom is -0.456 e. The van der Waals surface area contributed by atoms with Crippen LogP contribution in [0.5, 0.6) is 0 Å². The highest BCUT2D eigenvalue weighted by Crippen LogP contribution is 2.54. The topological polar surface area (TPSA) is 21.3 Å². The third-order valence-electron chi connectivity index (χ3n) is 17.7. The van der Waals surface area contributed by atoms with Crippen LogP contribution >= 0.6 is 0 Å². The first kappa shape index (κ1) is 43.3. The molecule has 69 heavy (non-hydrogen) atoms. The molecule has 0 bridgehead atoms. The quantitative estimate of drug-likeness (QED) is 0.153. The number of furan rings is 1. The summed E-state index contributed by atoms with van der Waals surface area (Å²) in [6.07, 6.45) is 2.34. The van der Waals surface area contributed by atoms with Gasteiger partial charge in [0.1, 0.15) is 19.2 Å². The van der Waals surface area contributed by atoms with Gasteiger partial charge in [0.25, 0.3) is 0 Å². The lowest BCUT2D eigenvalue weighted by Gasteiger charge is -2.43. The van der Waals surface area contributed by atoms with Crippen LogP contribution in [-0.4, -0.2) is 19.5 Å². The molecule has 0 radical (unpaired) electrons. The van der Waals surface area contributed by atoms with Gasteiger partial charge in [-0.05, 0) is 154 Å². The number of anilines is 2. The summed E-state index contributed by atoms with van der Waals surface area (Å²) in [6.45, 7) is 36.0. The standard InChI is InChI=1S/C64H67BN2OSi/c1-60(2,3)36-20-24-39(25-21-36)67-50-35-52-41(42-33-45-46(34-51(42)68-52)64(12,13)29-28-63(45,10)11)32-44(50)54-55-40-18-16-17-19-53(40)69(14,15)59(55)56-43-30-37(61(4,5)6)22-26-48(43)66-49-27-23-38(62(7,8)9)31-47(49)65(67)57(54)58(56)66/h16-27,30-35H,28-29H2,1-15H3. The molecule has 4 aliphatic rings. The van der Waals surface area contributed by atoms with Gasteiger partial charge in [0.05, 0.1) is 11.0 Å². The Morgan fingerprint density at radius 3 is 1.84 bits per heavy atom. The van der Waals surface area contributed by atoms with Crippen LogP contribution in [-0.2, 0) is 27.1 Å². The Hall–Kier alpha value is -5.78. The molecule has 9 aromatic rings. The largest absolute Gasteiger partial charge is 0.456 e. The van der Waals surface area contributed by atoms with E-state index >= 15 is 0 Å². The molecule has 0 amide bonds. The minimum absolute atomic E-state index is 0.00392. The van der Waals surface area contributed by atoms with Gasteiger partial charge in [-0.1, -0.05) is 158 Å².